The Balaban J connectivity index is 2.84. The lowest BCUT2D eigenvalue weighted by Crippen LogP contribution is -2.12. The first kappa shape index (κ1) is 9.51. The molecular formula is C9H12N2O2. The van der Waals surface area contributed by atoms with Gasteiger partial charge in [0.15, 0.2) is 17.9 Å². The molecule has 0 aliphatic heterocycles. The first-order valence-electron chi connectivity index (χ1n) is 3.94. The van der Waals surface area contributed by atoms with Gasteiger partial charge in [0.2, 0.25) is 0 Å². The Kier molecular flexibility index (Phi) is 3.25. The first-order valence-corrected chi connectivity index (χ1v) is 3.94. The Labute approximate surface area is 77.1 Å². The average Bonchev–Trinajstić information content (AvgIpc) is 2.15. The molecular weight excluding hydrogens is 168 g/mol. The van der Waals surface area contributed by atoms with Crippen LogP contribution in [0.15, 0.2) is 18.3 Å². The molecule has 1 rings (SSSR count). The molecule has 1 aromatic heterocycles. The van der Waals surface area contributed by atoms with Crippen molar-refractivity contribution in [2.75, 3.05) is 25.6 Å². The molecule has 0 radical (unpaired) electrons. The molecule has 1 aromatic rings. The van der Waals surface area contributed by atoms with Gasteiger partial charge in [0.1, 0.15) is 6.61 Å². The van der Waals surface area contributed by atoms with Crippen molar-refractivity contribution in [1.29, 1.82) is 0 Å². The number of anilines is 1. The molecule has 4 heteroatoms. The minimum absolute atomic E-state index is 0.0620. The van der Waals surface area contributed by atoms with E-state index in [0.29, 0.717) is 12.0 Å². The van der Waals surface area contributed by atoms with Gasteiger partial charge in [-0.2, -0.15) is 0 Å². The molecule has 1 heterocycles. The summed E-state index contributed by atoms with van der Waals surface area (Å²) in [6.45, 7) is 0.0620. The van der Waals surface area contributed by atoms with Gasteiger partial charge < -0.3 is 9.64 Å². The maximum atomic E-state index is 10.1. The number of hydrogen-bond acceptors (Lipinski definition) is 4. The molecule has 0 aliphatic rings. The summed E-state index contributed by atoms with van der Waals surface area (Å²) in [6.07, 6.45) is 2.40. The van der Waals surface area contributed by atoms with Crippen molar-refractivity contribution < 1.29 is 9.53 Å². The quantitative estimate of drug-likeness (QED) is 0.640. The van der Waals surface area contributed by atoms with E-state index in [2.05, 4.69) is 4.98 Å². The predicted molar refractivity (Wildman–Crippen MR) is 50.1 cm³/mol. The van der Waals surface area contributed by atoms with Crippen LogP contribution >= 0.6 is 0 Å². The van der Waals surface area contributed by atoms with Gasteiger partial charge in [-0.15, -0.1) is 0 Å². The van der Waals surface area contributed by atoms with Crippen LogP contribution in [0.25, 0.3) is 0 Å². The Morgan fingerprint density at radius 1 is 1.62 bits per heavy atom. The average molecular weight is 180 g/mol. The number of hydrogen-bond donors (Lipinski definition) is 0. The van der Waals surface area contributed by atoms with Gasteiger partial charge in [0.25, 0.3) is 0 Å². The van der Waals surface area contributed by atoms with Crippen LogP contribution in [0.2, 0.25) is 0 Å². The number of nitrogens with zero attached hydrogens (tertiary/aromatic N) is 2. The Morgan fingerprint density at radius 2 is 2.38 bits per heavy atom. The number of rotatable bonds is 4. The van der Waals surface area contributed by atoms with Gasteiger partial charge >= 0.3 is 0 Å². The lowest BCUT2D eigenvalue weighted by atomic mass is 10.4. The number of pyridine rings is 1. The third-order valence-corrected chi connectivity index (χ3v) is 1.48. The molecule has 0 saturated carbocycles. The highest BCUT2D eigenvalue weighted by atomic mass is 16.5. The number of aldehydes is 1. The lowest BCUT2D eigenvalue weighted by Gasteiger charge is -2.14. The van der Waals surface area contributed by atoms with Crippen molar-refractivity contribution in [3.63, 3.8) is 0 Å². The molecule has 70 valence electrons. The molecule has 13 heavy (non-hydrogen) atoms. The van der Waals surface area contributed by atoms with E-state index in [4.69, 9.17) is 4.74 Å². The molecule has 0 spiro atoms. The summed E-state index contributed by atoms with van der Waals surface area (Å²) in [5, 5.41) is 0. The monoisotopic (exact) mass is 180 g/mol. The van der Waals surface area contributed by atoms with E-state index in [0.717, 1.165) is 5.82 Å². The Hall–Kier alpha value is -1.58. The topological polar surface area (TPSA) is 42.4 Å². The summed E-state index contributed by atoms with van der Waals surface area (Å²) in [7, 11) is 3.74. The molecule has 0 atom stereocenters. The van der Waals surface area contributed by atoms with Crippen LogP contribution in [0, 0.1) is 0 Å². The second-order valence-corrected chi connectivity index (χ2v) is 2.70. The smallest absolute Gasteiger partial charge is 0.170 e. The number of carbonyl (C=O) groups is 1. The molecule has 0 bridgehead atoms. The summed E-state index contributed by atoms with van der Waals surface area (Å²) in [6, 6.07) is 3.55. The summed E-state index contributed by atoms with van der Waals surface area (Å²) >= 11 is 0. The predicted octanol–water partition coefficient (Wildman–Crippen LogP) is 0.725. The maximum Gasteiger partial charge on any atom is 0.170 e. The van der Waals surface area contributed by atoms with Crippen molar-refractivity contribution in [1.82, 2.24) is 4.98 Å². The van der Waals surface area contributed by atoms with Gasteiger partial charge in [-0.3, -0.25) is 4.79 Å². The van der Waals surface area contributed by atoms with Gasteiger partial charge in [-0.1, -0.05) is 0 Å². The number of carbonyl (C=O) groups excluding carboxylic acids is 1. The normalized spacial score (nSPS) is 9.38. The van der Waals surface area contributed by atoms with E-state index in [-0.39, 0.29) is 6.61 Å². The van der Waals surface area contributed by atoms with Gasteiger partial charge in [0, 0.05) is 20.3 Å². The van der Waals surface area contributed by atoms with Crippen molar-refractivity contribution in [2.45, 2.75) is 0 Å². The van der Waals surface area contributed by atoms with E-state index in [1.807, 2.05) is 19.0 Å². The van der Waals surface area contributed by atoms with Gasteiger partial charge in [-0.25, -0.2) is 4.98 Å². The van der Waals surface area contributed by atoms with E-state index in [1.54, 1.807) is 18.3 Å². The van der Waals surface area contributed by atoms with Crippen LogP contribution in [-0.2, 0) is 4.79 Å². The Bertz CT molecular complexity index is 287. The zero-order valence-electron chi connectivity index (χ0n) is 7.73. The number of aromatic nitrogens is 1. The minimum Gasteiger partial charge on any atom is -0.482 e. The lowest BCUT2D eigenvalue weighted by molar-refractivity contribution is -0.109. The zero-order valence-corrected chi connectivity index (χ0v) is 7.73. The van der Waals surface area contributed by atoms with Crippen molar-refractivity contribution in [3.05, 3.63) is 18.3 Å². The van der Waals surface area contributed by atoms with Crippen LogP contribution in [0.1, 0.15) is 0 Å². The largest absolute Gasteiger partial charge is 0.482 e. The molecule has 0 unspecified atom stereocenters. The third-order valence-electron chi connectivity index (χ3n) is 1.48. The summed E-state index contributed by atoms with van der Waals surface area (Å²) in [4.78, 5) is 16.0. The van der Waals surface area contributed by atoms with E-state index < -0.39 is 0 Å². The van der Waals surface area contributed by atoms with Gasteiger partial charge in [0.05, 0.1) is 0 Å². The maximum absolute atomic E-state index is 10.1. The highest BCUT2D eigenvalue weighted by Crippen LogP contribution is 2.22. The molecule has 4 nitrogen and oxygen atoms in total. The fourth-order valence-electron chi connectivity index (χ4n) is 0.955. The minimum atomic E-state index is 0.0620. The van der Waals surface area contributed by atoms with E-state index in [9.17, 15) is 4.79 Å². The molecule has 0 fully saturated rings. The van der Waals surface area contributed by atoms with Crippen LogP contribution in [0.4, 0.5) is 5.82 Å². The van der Waals surface area contributed by atoms with Gasteiger partial charge in [-0.05, 0) is 12.1 Å². The highest BCUT2D eigenvalue weighted by molar-refractivity contribution is 5.55. The molecule has 0 aromatic carbocycles. The van der Waals surface area contributed by atoms with E-state index in [1.165, 1.54) is 0 Å². The summed E-state index contributed by atoms with van der Waals surface area (Å²) < 4.78 is 5.18. The SMILES string of the molecule is CN(C)c1ncccc1OCC=O. The van der Waals surface area contributed by atoms with Crippen molar-refractivity contribution in [3.8, 4) is 5.75 Å². The third kappa shape index (κ3) is 2.43. The summed E-state index contributed by atoms with van der Waals surface area (Å²) in [5.41, 5.74) is 0. The summed E-state index contributed by atoms with van der Waals surface area (Å²) in [5.74, 6) is 1.35. The second-order valence-electron chi connectivity index (χ2n) is 2.70. The van der Waals surface area contributed by atoms with Crippen LogP contribution in [-0.4, -0.2) is 32.0 Å². The van der Waals surface area contributed by atoms with Crippen molar-refractivity contribution >= 4 is 12.1 Å². The van der Waals surface area contributed by atoms with Crippen molar-refractivity contribution in [2.24, 2.45) is 0 Å². The van der Waals surface area contributed by atoms with Crippen LogP contribution in [0.3, 0.4) is 0 Å². The molecule has 0 aliphatic carbocycles. The fraction of sp³-hybridized carbons (Fsp3) is 0.333. The highest BCUT2D eigenvalue weighted by Gasteiger charge is 2.04. The van der Waals surface area contributed by atoms with E-state index >= 15 is 0 Å². The van der Waals surface area contributed by atoms with Crippen LogP contribution in [0.5, 0.6) is 5.75 Å². The number of ether oxygens (including phenoxy) is 1. The first-order chi connectivity index (χ1) is 6.25. The fourth-order valence-corrected chi connectivity index (χ4v) is 0.955. The molecule has 0 N–H and O–H groups in total. The second kappa shape index (κ2) is 4.45. The standard InChI is InChI=1S/C9H12N2O2/c1-11(2)9-8(13-7-6-12)4-3-5-10-9/h3-6H,7H2,1-2H3. The van der Waals surface area contributed by atoms with Crippen LogP contribution < -0.4 is 9.64 Å². The molecule has 0 amide bonds. The molecule has 0 saturated heterocycles. The zero-order chi connectivity index (χ0) is 9.68. The Morgan fingerprint density at radius 3 is 3.00 bits per heavy atom.